The highest BCUT2D eigenvalue weighted by molar-refractivity contribution is 7.09. The van der Waals surface area contributed by atoms with Crippen LogP contribution in [0.15, 0.2) is 24.0 Å². The molecule has 0 saturated heterocycles. The van der Waals surface area contributed by atoms with Crippen molar-refractivity contribution in [2.45, 2.75) is 12.5 Å². The molecule has 0 saturated carbocycles. The summed E-state index contributed by atoms with van der Waals surface area (Å²) in [5.74, 6) is -1.14. The Kier molecular flexibility index (Phi) is 4.88. The van der Waals surface area contributed by atoms with Gasteiger partial charge in [-0.1, -0.05) is 0 Å². The second-order valence-corrected chi connectivity index (χ2v) is 5.27. The van der Waals surface area contributed by atoms with E-state index in [4.69, 9.17) is 0 Å². The number of hydrogen-bond donors (Lipinski definition) is 3. The third-order valence-corrected chi connectivity index (χ3v) is 3.53. The number of carboxylic acid groups (broad SMARTS) is 1. The Morgan fingerprint density at radius 1 is 1.52 bits per heavy atom. The minimum Gasteiger partial charge on any atom is -0.479 e. The number of carbonyl (C=O) groups excluding carboxylic acids is 1. The van der Waals surface area contributed by atoms with Gasteiger partial charge in [-0.25, -0.2) is 14.6 Å². The lowest BCUT2D eigenvalue weighted by Crippen LogP contribution is -2.41. The van der Waals surface area contributed by atoms with Crippen LogP contribution in [0.3, 0.4) is 0 Å². The number of rotatable bonds is 6. The summed E-state index contributed by atoms with van der Waals surface area (Å²) in [5, 5.41) is 20.9. The van der Waals surface area contributed by atoms with Crippen LogP contribution in [0.2, 0.25) is 0 Å². The lowest BCUT2D eigenvalue weighted by Gasteiger charge is -2.13. The third-order valence-electron chi connectivity index (χ3n) is 2.69. The molecule has 0 aromatic carbocycles. The van der Waals surface area contributed by atoms with Gasteiger partial charge in [-0.3, -0.25) is 4.68 Å². The predicted octanol–water partition coefficient (Wildman–Crippen LogP) is 0.544. The fraction of sp³-hybridized carbons (Fsp3) is 0.333. The Morgan fingerprint density at radius 2 is 2.33 bits per heavy atom. The third kappa shape index (κ3) is 4.28. The molecule has 1 atom stereocenters. The highest BCUT2D eigenvalue weighted by Gasteiger charge is 2.23. The number of urea groups is 1. The monoisotopic (exact) mass is 309 g/mol. The van der Waals surface area contributed by atoms with Gasteiger partial charge in [0.25, 0.3) is 0 Å². The number of hydrogen-bond acceptors (Lipinski definition) is 5. The summed E-state index contributed by atoms with van der Waals surface area (Å²) in [4.78, 5) is 27.0. The minimum absolute atomic E-state index is 0.388. The molecule has 9 heteroatoms. The van der Waals surface area contributed by atoms with E-state index in [9.17, 15) is 14.7 Å². The van der Waals surface area contributed by atoms with E-state index in [0.29, 0.717) is 18.5 Å². The van der Waals surface area contributed by atoms with Crippen molar-refractivity contribution >= 4 is 23.3 Å². The smallest absolute Gasteiger partial charge is 0.331 e. The average Bonchev–Trinajstić information content (AvgIpc) is 3.07. The Bertz CT molecular complexity index is 610. The summed E-state index contributed by atoms with van der Waals surface area (Å²) < 4.78 is 1.48. The van der Waals surface area contributed by atoms with E-state index in [-0.39, 0.29) is 0 Å². The molecular weight excluding hydrogens is 294 g/mol. The summed E-state index contributed by atoms with van der Waals surface area (Å²) in [7, 11) is 1.68. The number of aromatic nitrogens is 3. The van der Waals surface area contributed by atoms with Crippen LogP contribution in [-0.2, 0) is 18.3 Å². The fourth-order valence-electron chi connectivity index (χ4n) is 1.72. The van der Waals surface area contributed by atoms with E-state index in [2.05, 4.69) is 20.7 Å². The van der Waals surface area contributed by atoms with Crippen LogP contribution < -0.4 is 10.6 Å². The van der Waals surface area contributed by atoms with Crippen LogP contribution >= 0.6 is 11.3 Å². The molecule has 0 aliphatic heterocycles. The Labute approximate surface area is 124 Å². The van der Waals surface area contributed by atoms with Crippen molar-refractivity contribution in [2.24, 2.45) is 7.05 Å². The summed E-state index contributed by atoms with van der Waals surface area (Å²) >= 11 is 1.51. The Balaban J connectivity index is 1.85. The minimum atomic E-state index is -1.14. The molecule has 2 aromatic heterocycles. The molecule has 0 radical (unpaired) electrons. The number of aryl methyl sites for hydroxylation is 1. The highest BCUT2D eigenvalue weighted by Crippen LogP contribution is 2.11. The maximum absolute atomic E-state index is 11.7. The van der Waals surface area contributed by atoms with Gasteiger partial charge in [0.2, 0.25) is 0 Å². The molecule has 2 aromatic rings. The zero-order chi connectivity index (χ0) is 15.2. The normalized spacial score (nSPS) is 11.9. The van der Waals surface area contributed by atoms with Gasteiger partial charge in [-0.05, 0) is 0 Å². The molecular formula is C12H15N5O3S. The first kappa shape index (κ1) is 15.0. The van der Waals surface area contributed by atoms with E-state index in [1.165, 1.54) is 22.2 Å². The molecule has 1 unspecified atom stereocenters. The van der Waals surface area contributed by atoms with Crippen LogP contribution in [0.4, 0.5) is 4.79 Å². The number of nitrogens with zero attached hydrogens (tertiary/aromatic N) is 3. The lowest BCUT2D eigenvalue weighted by molar-refractivity contribution is -0.139. The SMILES string of the molecule is Cn1cc(C(NC(=O)NCCc2nccs2)C(=O)O)cn1. The molecule has 0 aliphatic rings. The van der Waals surface area contributed by atoms with Crippen LogP contribution in [0.25, 0.3) is 0 Å². The molecule has 2 rings (SSSR count). The number of carboxylic acids is 1. The molecule has 21 heavy (non-hydrogen) atoms. The van der Waals surface area contributed by atoms with E-state index in [0.717, 1.165) is 5.01 Å². The van der Waals surface area contributed by atoms with Gasteiger partial charge in [0.15, 0.2) is 6.04 Å². The molecule has 112 valence electrons. The van der Waals surface area contributed by atoms with Gasteiger partial charge in [0.05, 0.1) is 11.2 Å². The molecule has 0 fully saturated rings. The standard InChI is InChI=1S/C12H15N5O3S/c1-17-7-8(6-15-17)10(11(18)19)16-12(20)14-3-2-9-13-4-5-21-9/h4-7,10H,2-3H2,1H3,(H,18,19)(H2,14,16,20). The van der Waals surface area contributed by atoms with Crippen molar-refractivity contribution in [3.63, 3.8) is 0 Å². The fourth-order valence-corrected chi connectivity index (χ4v) is 2.34. The lowest BCUT2D eigenvalue weighted by atomic mass is 10.1. The first-order chi connectivity index (χ1) is 10.1. The van der Waals surface area contributed by atoms with Gasteiger partial charge in [-0.15, -0.1) is 11.3 Å². The quantitative estimate of drug-likeness (QED) is 0.722. The summed E-state index contributed by atoms with van der Waals surface area (Å²) in [5.41, 5.74) is 0.417. The zero-order valence-corrected chi connectivity index (χ0v) is 12.1. The number of amides is 2. The van der Waals surface area contributed by atoms with E-state index < -0.39 is 18.0 Å². The second kappa shape index (κ2) is 6.84. The van der Waals surface area contributed by atoms with Crippen molar-refractivity contribution in [1.82, 2.24) is 25.4 Å². The van der Waals surface area contributed by atoms with Crippen molar-refractivity contribution in [3.05, 3.63) is 34.5 Å². The van der Waals surface area contributed by atoms with Crippen molar-refractivity contribution in [1.29, 1.82) is 0 Å². The number of aliphatic carboxylic acids is 1. The van der Waals surface area contributed by atoms with E-state index in [1.807, 2.05) is 5.38 Å². The molecule has 8 nitrogen and oxygen atoms in total. The van der Waals surface area contributed by atoms with Crippen LogP contribution in [0.1, 0.15) is 16.6 Å². The summed E-state index contributed by atoms with van der Waals surface area (Å²) in [6.45, 7) is 0.388. The van der Waals surface area contributed by atoms with Crippen LogP contribution in [-0.4, -0.2) is 38.4 Å². The maximum atomic E-state index is 11.7. The maximum Gasteiger partial charge on any atom is 0.331 e. The largest absolute Gasteiger partial charge is 0.479 e. The molecule has 2 heterocycles. The van der Waals surface area contributed by atoms with E-state index in [1.54, 1.807) is 19.4 Å². The highest BCUT2D eigenvalue weighted by atomic mass is 32.1. The molecule has 0 bridgehead atoms. The van der Waals surface area contributed by atoms with Gasteiger partial charge in [0, 0.05) is 43.4 Å². The van der Waals surface area contributed by atoms with Gasteiger partial charge in [0.1, 0.15) is 0 Å². The first-order valence-corrected chi connectivity index (χ1v) is 7.08. The Morgan fingerprint density at radius 3 is 2.90 bits per heavy atom. The molecule has 0 aliphatic carbocycles. The zero-order valence-electron chi connectivity index (χ0n) is 11.3. The van der Waals surface area contributed by atoms with Crippen LogP contribution in [0.5, 0.6) is 0 Å². The summed E-state index contributed by atoms with van der Waals surface area (Å²) in [6, 6.07) is -1.67. The van der Waals surface area contributed by atoms with Crippen molar-refractivity contribution in [3.8, 4) is 0 Å². The molecule has 2 amide bonds. The topological polar surface area (TPSA) is 109 Å². The van der Waals surface area contributed by atoms with Crippen molar-refractivity contribution < 1.29 is 14.7 Å². The number of nitrogens with one attached hydrogen (secondary N) is 2. The second-order valence-electron chi connectivity index (χ2n) is 4.29. The van der Waals surface area contributed by atoms with Gasteiger partial charge < -0.3 is 15.7 Å². The molecule has 0 spiro atoms. The average molecular weight is 309 g/mol. The Hall–Kier alpha value is -2.42. The van der Waals surface area contributed by atoms with E-state index >= 15 is 0 Å². The predicted molar refractivity (Wildman–Crippen MR) is 75.9 cm³/mol. The number of thiazole rings is 1. The number of carbonyl (C=O) groups is 2. The van der Waals surface area contributed by atoms with Gasteiger partial charge >= 0.3 is 12.0 Å². The van der Waals surface area contributed by atoms with Crippen molar-refractivity contribution in [2.75, 3.05) is 6.54 Å². The van der Waals surface area contributed by atoms with Gasteiger partial charge in [-0.2, -0.15) is 5.10 Å². The molecule has 3 N–H and O–H groups in total. The first-order valence-electron chi connectivity index (χ1n) is 6.20. The summed E-state index contributed by atoms with van der Waals surface area (Å²) in [6.07, 6.45) is 5.27. The van der Waals surface area contributed by atoms with Crippen LogP contribution in [0, 0.1) is 0 Å².